The second kappa shape index (κ2) is 4.45. The highest BCUT2D eigenvalue weighted by molar-refractivity contribution is 5.72. The average molecular weight is 170 g/mol. The fourth-order valence-electron chi connectivity index (χ4n) is 1.58. The van der Waals surface area contributed by atoms with Crippen molar-refractivity contribution in [3.63, 3.8) is 0 Å². The summed E-state index contributed by atoms with van der Waals surface area (Å²) in [6.45, 7) is 5.47. The van der Waals surface area contributed by atoms with Gasteiger partial charge in [0, 0.05) is 26.1 Å². The standard InChI is InChI=1S/C9H18N2O/c1-7-5-9(6-7)11-4-3-10-8(2)12/h7,9,11H,3-6H2,1-2H3,(H,10,12). The normalized spacial score (nSPS) is 27.8. The topological polar surface area (TPSA) is 41.1 Å². The molecule has 1 aliphatic rings. The van der Waals surface area contributed by atoms with Crippen LogP contribution in [0.25, 0.3) is 0 Å². The Morgan fingerprint density at radius 2 is 2.08 bits per heavy atom. The van der Waals surface area contributed by atoms with Gasteiger partial charge < -0.3 is 10.6 Å². The SMILES string of the molecule is CC(=O)NCCNC1CC(C)C1. The van der Waals surface area contributed by atoms with Crippen molar-refractivity contribution in [3.8, 4) is 0 Å². The summed E-state index contributed by atoms with van der Waals surface area (Å²) >= 11 is 0. The molecule has 12 heavy (non-hydrogen) atoms. The van der Waals surface area contributed by atoms with Crippen molar-refractivity contribution in [1.82, 2.24) is 10.6 Å². The number of carbonyl (C=O) groups excluding carboxylic acids is 1. The predicted molar refractivity (Wildman–Crippen MR) is 48.9 cm³/mol. The molecule has 0 spiro atoms. The first-order chi connectivity index (χ1) is 5.68. The maximum Gasteiger partial charge on any atom is 0.216 e. The number of amides is 1. The third-order valence-corrected chi connectivity index (χ3v) is 2.31. The van der Waals surface area contributed by atoms with Crippen LogP contribution in [0.3, 0.4) is 0 Å². The summed E-state index contributed by atoms with van der Waals surface area (Å²) in [5.74, 6) is 0.946. The fraction of sp³-hybridized carbons (Fsp3) is 0.889. The van der Waals surface area contributed by atoms with E-state index in [1.165, 1.54) is 12.8 Å². The van der Waals surface area contributed by atoms with Gasteiger partial charge in [0.05, 0.1) is 0 Å². The minimum Gasteiger partial charge on any atom is -0.355 e. The molecular formula is C9H18N2O. The lowest BCUT2D eigenvalue weighted by molar-refractivity contribution is -0.118. The molecule has 70 valence electrons. The third-order valence-electron chi connectivity index (χ3n) is 2.31. The third kappa shape index (κ3) is 3.22. The molecule has 1 amide bonds. The van der Waals surface area contributed by atoms with Crippen LogP contribution in [0, 0.1) is 5.92 Å². The molecule has 0 saturated heterocycles. The molecule has 0 atom stereocenters. The quantitative estimate of drug-likeness (QED) is 0.604. The molecule has 0 radical (unpaired) electrons. The van der Waals surface area contributed by atoms with Gasteiger partial charge in [0.1, 0.15) is 0 Å². The van der Waals surface area contributed by atoms with Crippen molar-refractivity contribution in [2.75, 3.05) is 13.1 Å². The second-order valence-electron chi connectivity index (χ2n) is 3.71. The number of carbonyl (C=O) groups is 1. The zero-order chi connectivity index (χ0) is 8.97. The van der Waals surface area contributed by atoms with Crippen LogP contribution >= 0.6 is 0 Å². The van der Waals surface area contributed by atoms with E-state index in [1.807, 2.05) is 0 Å². The van der Waals surface area contributed by atoms with Crippen LogP contribution in [0.5, 0.6) is 0 Å². The highest BCUT2D eigenvalue weighted by Crippen LogP contribution is 2.25. The summed E-state index contributed by atoms with van der Waals surface area (Å²) in [4.78, 5) is 10.5. The zero-order valence-corrected chi connectivity index (χ0v) is 7.89. The van der Waals surface area contributed by atoms with Gasteiger partial charge in [0.15, 0.2) is 0 Å². The Kier molecular flexibility index (Phi) is 3.53. The van der Waals surface area contributed by atoms with Gasteiger partial charge in [-0.05, 0) is 18.8 Å². The second-order valence-corrected chi connectivity index (χ2v) is 3.71. The predicted octanol–water partition coefficient (Wildman–Crippen LogP) is 0.511. The highest BCUT2D eigenvalue weighted by Gasteiger charge is 2.23. The van der Waals surface area contributed by atoms with Crippen LogP contribution < -0.4 is 10.6 Å². The summed E-state index contributed by atoms with van der Waals surface area (Å²) in [5.41, 5.74) is 0. The van der Waals surface area contributed by atoms with Gasteiger partial charge in [-0.1, -0.05) is 6.92 Å². The minimum absolute atomic E-state index is 0.0544. The molecule has 0 unspecified atom stereocenters. The first kappa shape index (κ1) is 9.52. The molecule has 0 heterocycles. The molecule has 0 bridgehead atoms. The Morgan fingerprint density at radius 1 is 1.42 bits per heavy atom. The average Bonchev–Trinajstić information content (AvgIpc) is 1.93. The monoisotopic (exact) mass is 170 g/mol. The van der Waals surface area contributed by atoms with Gasteiger partial charge in [-0.2, -0.15) is 0 Å². The van der Waals surface area contributed by atoms with Crippen molar-refractivity contribution in [2.45, 2.75) is 32.7 Å². The Labute approximate surface area is 73.9 Å². The van der Waals surface area contributed by atoms with Gasteiger partial charge in [-0.25, -0.2) is 0 Å². The number of hydrogen-bond donors (Lipinski definition) is 2. The number of nitrogens with one attached hydrogen (secondary N) is 2. The molecule has 1 saturated carbocycles. The van der Waals surface area contributed by atoms with Crippen LogP contribution in [0.4, 0.5) is 0 Å². The Morgan fingerprint density at radius 3 is 2.58 bits per heavy atom. The van der Waals surface area contributed by atoms with E-state index in [0.29, 0.717) is 6.04 Å². The number of rotatable bonds is 4. The molecule has 1 rings (SSSR count). The van der Waals surface area contributed by atoms with E-state index in [4.69, 9.17) is 0 Å². The van der Waals surface area contributed by atoms with Crippen molar-refractivity contribution in [1.29, 1.82) is 0 Å². The molecule has 0 aliphatic heterocycles. The molecule has 1 fully saturated rings. The molecule has 3 heteroatoms. The van der Waals surface area contributed by atoms with Gasteiger partial charge in [-0.3, -0.25) is 4.79 Å². The summed E-state index contributed by atoms with van der Waals surface area (Å²) in [5, 5.41) is 6.15. The molecule has 0 aromatic heterocycles. The lowest BCUT2D eigenvalue weighted by Crippen LogP contribution is -2.43. The fourth-order valence-corrected chi connectivity index (χ4v) is 1.58. The summed E-state index contributed by atoms with van der Waals surface area (Å²) < 4.78 is 0. The van der Waals surface area contributed by atoms with Crippen LogP contribution in [-0.4, -0.2) is 25.0 Å². The lowest BCUT2D eigenvalue weighted by Gasteiger charge is -2.33. The minimum atomic E-state index is 0.0544. The van der Waals surface area contributed by atoms with Crippen LogP contribution in [0.2, 0.25) is 0 Å². The maximum atomic E-state index is 10.5. The highest BCUT2D eigenvalue weighted by atomic mass is 16.1. The van der Waals surface area contributed by atoms with Gasteiger partial charge in [0.25, 0.3) is 0 Å². The van der Waals surface area contributed by atoms with Crippen molar-refractivity contribution in [3.05, 3.63) is 0 Å². The van der Waals surface area contributed by atoms with E-state index in [-0.39, 0.29) is 5.91 Å². The molecule has 2 N–H and O–H groups in total. The zero-order valence-electron chi connectivity index (χ0n) is 7.89. The summed E-state index contributed by atoms with van der Waals surface area (Å²) in [6, 6.07) is 0.703. The van der Waals surface area contributed by atoms with Crippen molar-refractivity contribution in [2.24, 2.45) is 5.92 Å². The molecule has 1 aliphatic carbocycles. The maximum absolute atomic E-state index is 10.5. The molecule has 0 aromatic rings. The summed E-state index contributed by atoms with van der Waals surface area (Å²) in [7, 11) is 0. The lowest BCUT2D eigenvalue weighted by atomic mass is 9.82. The first-order valence-corrected chi connectivity index (χ1v) is 4.66. The Bertz CT molecular complexity index is 153. The van der Waals surface area contributed by atoms with Gasteiger partial charge in [-0.15, -0.1) is 0 Å². The van der Waals surface area contributed by atoms with Crippen LogP contribution in [0.15, 0.2) is 0 Å². The van der Waals surface area contributed by atoms with Crippen molar-refractivity contribution >= 4 is 5.91 Å². The van der Waals surface area contributed by atoms with Crippen LogP contribution in [-0.2, 0) is 4.79 Å². The van der Waals surface area contributed by atoms with E-state index in [9.17, 15) is 4.79 Å². The molecule has 0 aromatic carbocycles. The van der Waals surface area contributed by atoms with E-state index in [2.05, 4.69) is 17.6 Å². The van der Waals surface area contributed by atoms with E-state index >= 15 is 0 Å². The first-order valence-electron chi connectivity index (χ1n) is 4.66. The van der Waals surface area contributed by atoms with E-state index < -0.39 is 0 Å². The molecular weight excluding hydrogens is 152 g/mol. The van der Waals surface area contributed by atoms with Crippen molar-refractivity contribution < 1.29 is 4.79 Å². The van der Waals surface area contributed by atoms with E-state index in [1.54, 1.807) is 6.92 Å². The number of hydrogen-bond acceptors (Lipinski definition) is 2. The van der Waals surface area contributed by atoms with Gasteiger partial charge in [0.2, 0.25) is 5.91 Å². The van der Waals surface area contributed by atoms with E-state index in [0.717, 1.165) is 19.0 Å². The molecule has 3 nitrogen and oxygen atoms in total. The largest absolute Gasteiger partial charge is 0.355 e. The summed E-state index contributed by atoms with van der Waals surface area (Å²) in [6.07, 6.45) is 2.58. The smallest absolute Gasteiger partial charge is 0.216 e. The Balaban J connectivity index is 1.87. The Hall–Kier alpha value is -0.570. The van der Waals surface area contributed by atoms with Crippen LogP contribution in [0.1, 0.15) is 26.7 Å². The van der Waals surface area contributed by atoms with Gasteiger partial charge >= 0.3 is 0 Å².